The molecule has 0 aromatic heterocycles. The third-order valence-electron chi connectivity index (χ3n) is 3.43. The first-order valence-corrected chi connectivity index (χ1v) is 8.92. The van der Waals surface area contributed by atoms with E-state index >= 15 is 0 Å². The van der Waals surface area contributed by atoms with Crippen LogP contribution in [0.5, 0.6) is 5.75 Å². The van der Waals surface area contributed by atoms with Gasteiger partial charge in [0.2, 0.25) is 5.91 Å². The van der Waals surface area contributed by atoms with Crippen molar-refractivity contribution in [2.75, 3.05) is 18.1 Å². The van der Waals surface area contributed by atoms with Gasteiger partial charge in [-0.15, -0.1) is 11.8 Å². The van der Waals surface area contributed by atoms with Crippen LogP contribution in [0.4, 0.5) is 0 Å². The highest BCUT2D eigenvalue weighted by Crippen LogP contribution is 2.13. The average Bonchev–Trinajstić information content (AvgIpc) is 2.57. The summed E-state index contributed by atoms with van der Waals surface area (Å²) in [6.07, 6.45) is 0. The molecule has 0 aliphatic carbocycles. The number of amides is 1. The molecule has 23 heavy (non-hydrogen) atoms. The van der Waals surface area contributed by atoms with Crippen molar-refractivity contribution >= 4 is 17.7 Å². The van der Waals surface area contributed by atoms with Crippen LogP contribution in [0, 0.1) is 6.92 Å². The fourth-order valence-corrected chi connectivity index (χ4v) is 2.74. The largest absolute Gasteiger partial charge is 0.493 e. The first kappa shape index (κ1) is 17.4. The average molecular weight is 329 g/mol. The highest BCUT2D eigenvalue weighted by Gasteiger charge is 2.08. The predicted molar refractivity (Wildman–Crippen MR) is 97.0 cm³/mol. The lowest BCUT2D eigenvalue weighted by molar-refractivity contribution is -0.119. The van der Waals surface area contributed by atoms with Gasteiger partial charge >= 0.3 is 0 Å². The summed E-state index contributed by atoms with van der Waals surface area (Å²) in [4.78, 5) is 11.9. The van der Waals surface area contributed by atoms with Crippen molar-refractivity contribution in [1.29, 1.82) is 0 Å². The van der Waals surface area contributed by atoms with Crippen molar-refractivity contribution < 1.29 is 9.53 Å². The van der Waals surface area contributed by atoms with E-state index in [0.717, 1.165) is 17.1 Å². The number of benzene rings is 2. The van der Waals surface area contributed by atoms with Gasteiger partial charge in [-0.2, -0.15) is 0 Å². The number of aryl methyl sites for hydroxylation is 1. The van der Waals surface area contributed by atoms with Crippen molar-refractivity contribution in [2.24, 2.45) is 0 Å². The standard InChI is InChI=1S/C19H23NO2S/c1-15-8-10-18(11-9-15)22-12-13-23-14-19(21)20-16(2)17-6-4-3-5-7-17/h3-11,16H,12-14H2,1-2H3,(H,20,21). The van der Waals surface area contributed by atoms with Crippen molar-refractivity contribution in [3.63, 3.8) is 0 Å². The van der Waals surface area contributed by atoms with Crippen LogP contribution in [-0.4, -0.2) is 24.0 Å². The maximum absolute atomic E-state index is 11.9. The molecule has 2 rings (SSSR count). The van der Waals surface area contributed by atoms with Gasteiger partial charge in [0.25, 0.3) is 0 Å². The summed E-state index contributed by atoms with van der Waals surface area (Å²) >= 11 is 1.58. The van der Waals surface area contributed by atoms with E-state index in [4.69, 9.17) is 4.74 Å². The summed E-state index contributed by atoms with van der Waals surface area (Å²) in [7, 11) is 0. The van der Waals surface area contributed by atoms with Crippen LogP contribution in [0.3, 0.4) is 0 Å². The maximum Gasteiger partial charge on any atom is 0.230 e. The van der Waals surface area contributed by atoms with Crippen LogP contribution in [-0.2, 0) is 4.79 Å². The van der Waals surface area contributed by atoms with Crippen LogP contribution in [0.15, 0.2) is 54.6 Å². The lowest BCUT2D eigenvalue weighted by atomic mass is 10.1. The van der Waals surface area contributed by atoms with E-state index in [1.54, 1.807) is 11.8 Å². The fraction of sp³-hybridized carbons (Fsp3) is 0.316. The van der Waals surface area contributed by atoms with Crippen molar-refractivity contribution in [3.05, 3.63) is 65.7 Å². The Kier molecular flexibility index (Phi) is 7.01. The molecule has 4 heteroatoms. The molecule has 1 N–H and O–H groups in total. The van der Waals surface area contributed by atoms with Crippen molar-refractivity contribution in [3.8, 4) is 5.75 Å². The number of hydrogen-bond donors (Lipinski definition) is 1. The SMILES string of the molecule is Cc1ccc(OCCSCC(=O)NC(C)c2ccccc2)cc1. The van der Waals surface area contributed by atoms with Gasteiger partial charge in [0.1, 0.15) is 5.75 Å². The zero-order valence-electron chi connectivity index (χ0n) is 13.6. The molecular weight excluding hydrogens is 306 g/mol. The molecule has 0 radical (unpaired) electrons. The Bertz CT molecular complexity index is 599. The molecule has 0 aliphatic rings. The molecule has 0 aliphatic heterocycles. The number of nitrogens with one attached hydrogen (secondary N) is 1. The molecule has 2 aromatic rings. The second kappa shape index (κ2) is 9.26. The molecule has 3 nitrogen and oxygen atoms in total. The second-order valence-corrected chi connectivity index (χ2v) is 6.52. The van der Waals surface area contributed by atoms with E-state index in [1.165, 1.54) is 5.56 Å². The van der Waals surface area contributed by atoms with Gasteiger partial charge in [-0.1, -0.05) is 48.0 Å². The molecule has 0 bridgehead atoms. The van der Waals surface area contributed by atoms with Gasteiger partial charge in [-0.25, -0.2) is 0 Å². The van der Waals surface area contributed by atoms with Crippen LogP contribution in [0.1, 0.15) is 24.1 Å². The Hall–Kier alpha value is -1.94. The van der Waals surface area contributed by atoms with Crippen LogP contribution in [0.2, 0.25) is 0 Å². The topological polar surface area (TPSA) is 38.3 Å². The van der Waals surface area contributed by atoms with E-state index in [0.29, 0.717) is 12.4 Å². The molecule has 1 amide bonds. The van der Waals surface area contributed by atoms with E-state index in [-0.39, 0.29) is 11.9 Å². The number of rotatable bonds is 8. The van der Waals surface area contributed by atoms with Gasteiger partial charge in [0.15, 0.2) is 0 Å². The summed E-state index contributed by atoms with van der Waals surface area (Å²) in [5, 5.41) is 3.01. The molecule has 1 atom stereocenters. The Morgan fingerprint density at radius 1 is 1.13 bits per heavy atom. The van der Waals surface area contributed by atoms with Gasteiger partial charge in [-0.3, -0.25) is 4.79 Å². The number of hydrogen-bond acceptors (Lipinski definition) is 3. The molecule has 0 heterocycles. The van der Waals surface area contributed by atoms with E-state index in [9.17, 15) is 4.79 Å². The number of carbonyl (C=O) groups excluding carboxylic acids is 1. The summed E-state index contributed by atoms with van der Waals surface area (Å²) in [5.41, 5.74) is 2.34. The highest BCUT2D eigenvalue weighted by atomic mass is 32.2. The summed E-state index contributed by atoms with van der Waals surface area (Å²) in [6, 6.07) is 18.0. The van der Waals surface area contributed by atoms with Gasteiger partial charge < -0.3 is 10.1 Å². The first-order chi connectivity index (χ1) is 11.1. The molecule has 2 aromatic carbocycles. The minimum Gasteiger partial charge on any atom is -0.493 e. The van der Waals surface area contributed by atoms with Gasteiger partial charge in [-0.05, 0) is 31.5 Å². The van der Waals surface area contributed by atoms with Crippen LogP contribution < -0.4 is 10.1 Å². The molecule has 0 saturated heterocycles. The number of ether oxygens (including phenoxy) is 1. The minimum absolute atomic E-state index is 0.0353. The minimum atomic E-state index is 0.0353. The molecule has 0 saturated carbocycles. The first-order valence-electron chi connectivity index (χ1n) is 7.76. The monoisotopic (exact) mass is 329 g/mol. The third kappa shape index (κ3) is 6.37. The Balaban J connectivity index is 1.60. The third-order valence-corrected chi connectivity index (χ3v) is 4.35. The second-order valence-electron chi connectivity index (χ2n) is 5.41. The lowest BCUT2D eigenvalue weighted by Crippen LogP contribution is -2.28. The Morgan fingerprint density at radius 3 is 2.52 bits per heavy atom. The van der Waals surface area contributed by atoms with E-state index in [2.05, 4.69) is 12.2 Å². The summed E-state index contributed by atoms with van der Waals surface area (Å²) < 4.78 is 5.64. The predicted octanol–water partition coefficient (Wildman–Crippen LogP) is 3.98. The van der Waals surface area contributed by atoms with Gasteiger partial charge in [0.05, 0.1) is 18.4 Å². The van der Waals surface area contributed by atoms with Crippen LogP contribution in [0.25, 0.3) is 0 Å². The highest BCUT2D eigenvalue weighted by molar-refractivity contribution is 7.99. The molecule has 1 unspecified atom stereocenters. The summed E-state index contributed by atoms with van der Waals surface area (Å²) in [5.74, 6) is 2.18. The fourth-order valence-electron chi connectivity index (χ4n) is 2.13. The Morgan fingerprint density at radius 2 is 1.83 bits per heavy atom. The normalized spacial score (nSPS) is 11.7. The number of carbonyl (C=O) groups is 1. The summed E-state index contributed by atoms with van der Waals surface area (Å²) in [6.45, 7) is 4.66. The smallest absolute Gasteiger partial charge is 0.230 e. The zero-order valence-corrected chi connectivity index (χ0v) is 14.4. The quantitative estimate of drug-likeness (QED) is 0.744. The maximum atomic E-state index is 11.9. The van der Waals surface area contributed by atoms with Crippen molar-refractivity contribution in [1.82, 2.24) is 5.32 Å². The number of thioether (sulfide) groups is 1. The van der Waals surface area contributed by atoms with E-state index < -0.39 is 0 Å². The zero-order chi connectivity index (χ0) is 16.5. The molecule has 0 spiro atoms. The Labute approximate surface area is 142 Å². The lowest BCUT2D eigenvalue weighted by Gasteiger charge is -2.14. The molecule has 122 valence electrons. The molecular formula is C19H23NO2S. The van der Waals surface area contributed by atoms with E-state index in [1.807, 2.05) is 61.5 Å². The van der Waals surface area contributed by atoms with Crippen molar-refractivity contribution in [2.45, 2.75) is 19.9 Å². The van der Waals surface area contributed by atoms with Crippen LogP contribution >= 0.6 is 11.8 Å². The molecule has 0 fully saturated rings. The van der Waals surface area contributed by atoms with Gasteiger partial charge in [0, 0.05) is 5.75 Å².